The van der Waals surface area contributed by atoms with Gasteiger partial charge in [0.2, 0.25) is 5.75 Å². The molecule has 2 N–H and O–H groups in total. The summed E-state index contributed by atoms with van der Waals surface area (Å²) < 4.78 is 5.51. The molecule has 1 aliphatic carbocycles. The van der Waals surface area contributed by atoms with Gasteiger partial charge in [-0.05, 0) is 35.6 Å². The summed E-state index contributed by atoms with van der Waals surface area (Å²) >= 11 is 0. The largest absolute Gasteiger partial charge is 0.491 e. The normalized spacial score (nSPS) is 15.3. The van der Waals surface area contributed by atoms with Crippen LogP contribution in [-0.2, 0) is 11.8 Å². The maximum absolute atomic E-state index is 11.8. The van der Waals surface area contributed by atoms with E-state index in [4.69, 9.17) is 4.74 Å². The second kappa shape index (κ2) is 8.92. The zero-order valence-electron chi connectivity index (χ0n) is 17.8. The van der Waals surface area contributed by atoms with E-state index in [2.05, 4.69) is 40.3 Å². The topological polar surface area (TPSA) is 92.5 Å². The second-order valence-corrected chi connectivity index (χ2v) is 8.34. The summed E-state index contributed by atoms with van der Waals surface area (Å²) in [4.78, 5) is 20.4. The summed E-state index contributed by atoms with van der Waals surface area (Å²) in [6, 6.07) is 14.7. The van der Waals surface area contributed by atoms with E-state index in [9.17, 15) is 15.0 Å². The minimum absolute atomic E-state index is 0.143. The fraction of sp³-hybridized carbons (Fsp3) is 0.400. The van der Waals surface area contributed by atoms with Crippen LogP contribution in [0.4, 0.5) is 0 Å². The molecule has 0 radical (unpaired) electrons. The third-order valence-electron chi connectivity index (χ3n) is 6.26. The van der Waals surface area contributed by atoms with Crippen molar-refractivity contribution in [3.05, 3.63) is 59.5 Å². The Labute approximate surface area is 181 Å². The highest BCUT2D eigenvalue weighted by Gasteiger charge is 2.38. The van der Waals surface area contributed by atoms with Crippen molar-refractivity contribution < 1.29 is 19.7 Å². The van der Waals surface area contributed by atoms with Crippen LogP contribution in [0.25, 0.3) is 10.8 Å². The predicted octanol–water partition coefficient (Wildman–Crippen LogP) is 5.27. The van der Waals surface area contributed by atoms with Gasteiger partial charge < -0.3 is 14.9 Å². The van der Waals surface area contributed by atoms with Crippen LogP contribution in [0, 0.1) is 0 Å². The fourth-order valence-electron chi connectivity index (χ4n) is 4.74. The van der Waals surface area contributed by atoms with E-state index in [0.29, 0.717) is 18.9 Å². The Morgan fingerprint density at radius 1 is 1.10 bits per heavy atom. The van der Waals surface area contributed by atoms with Crippen molar-refractivity contribution in [2.24, 2.45) is 0 Å². The molecule has 1 aliphatic rings. The van der Waals surface area contributed by atoms with Crippen LogP contribution in [0.2, 0.25) is 0 Å². The minimum atomic E-state index is -1.23. The van der Waals surface area contributed by atoms with Gasteiger partial charge in [0.15, 0.2) is 5.69 Å². The molecule has 31 heavy (non-hydrogen) atoms. The van der Waals surface area contributed by atoms with Gasteiger partial charge in [0, 0.05) is 11.8 Å². The summed E-state index contributed by atoms with van der Waals surface area (Å²) in [5.41, 5.74) is 0.782. The number of carboxylic acids is 1. The maximum atomic E-state index is 11.8. The van der Waals surface area contributed by atoms with Gasteiger partial charge in [0.1, 0.15) is 5.82 Å². The number of nitrogens with zero attached hydrogens (tertiary/aromatic N) is 2. The number of benzene rings is 2. The number of carbonyl (C=O) groups is 1. The number of unbranched alkanes of at least 4 members (excludes halogenated alkanes) is 1. The first-order valence-corrected chi connectivity index (χ1v) is 11.0. The number of hydrogen-bond donors (Lipinski definition) is 2. The first-order chi connectivity index (χ1) is 15.0. The van der Waals surface area contributed by atoms with E-state index in [-0.39, 0.29) is 16.9 Å². The zero-order chi connectivity index (χ0) is 21.8. The van der Waals surface area contributed by atoms with E-state index in [1.807, 2.05) is 19.1 Å². The van der Waals surface area contributed by atoms with Crippen molar-refractivity contribution in [2.45, 2.75) is 57.3 Å². The van der Waals surface area contributed by atoms with Gasteiger partial charge in [0.25, 0.3) is 5.88 Å². The highest BCUT2D eigenvalue weighted by Crippen LogP contribution is 2.46. The molecule has 4 rings (SSSR count). The monoisotopic (exact) mass is 420 g/mol. The van der Waals surface area contributed by atoms with E-state index in [1.165, 1.54) is 16.3 Å². The molecule has 0 atom stereocenters. The van der Waals surface area contributed by atoms with Crippen LogP contribution in [0.15, 0.2) is 42.5 Å². The number of rotatable bonds is 8. The van der Waals surface area contributed by atoms with Gasteiger partial charge in [-0.25, -0.2) is 9.78 Å². The Balaban J connectivity index is 1.74. The summed E-state index contributed by atoms with van der Waals surface area (Å²) in [5.74, 6) is -1.43. The standard InChI is InChI=1S/C25H28N2O4/c1-2-3-15-31-22-21(24(29)30)26-20(27-23(22)28)16-25(13-6-7-14-25)19-12-8-10-17-9-4-5-11-18(17)19/h4-5,8-12H,2-3,6-7,13-16H2,1H3,(H,29,30)(H,26,27,28). The van der Waals surface area contributed by atoms with Crippen molar-refractivity contribution in [3.63, 3.8) is 0 Å². The molecule has 1 saturated carbocycles. The first-order valence-electron chi connectivity index (χ1n) is 11.0. The molecular weight excluding hydrogens is 392 g/mol. The Kier molecular flexibility index (Phi) is 6.07. The number of aromatic carboxylic acids is 1. The molecule has 6 nitrogen and oxygen atoms in total. The number of carboxylic acid groups (broad SMARTS) is 1. The molecule has 0 saturated heterocycles. The van der Waals surface area contributed by atoms with Gasteiger partial charge in [-0.2, -0.15) is 4.98 Å². The van der Waals surface area contributed by atoms with Crippen molar-refractivity contribution in [1.29, 1.82) is 0 Å². The molecular formula is C25H28N2O4. The number of fused-ring (bicyclic) bond motifs is 1. The number of ether oxygens (including phenoxy) is 1. The van der Waals surface area contributed by atoms with Crippen molar-refractivity contribution in [2.75, 3.05) is 6.61 Å². The Morgan fingerprint density at radius 3 is 2.58 bits per heavy atom. The van der Waals surface area contributed by atoms with Gasteiger partial charge in [-0.1, -0.05) is 68.7 Å². The molecule has 0 spiro atoms. The molecule has 162 valence electrons. The van der Waals surface area contributed by atoms with Gasteiger partial charge in [-0.3, -0.25) is 0 Å². The van der Waals surface area contributed by atoms with Crippen molar-refractivity contribution >= 4 is 16.7 Å². The lowest BCUT2D eigenvalue weighted by Gasteiger charge is -2.30. The molecule has 1 fully saturated rings. The molecule has 0 bridgehead atoms. The molecule has 6 heteroatoms. The van der Waals surface area contributed by atoms with Gasteiger partial charge >= 0.3 is 5.97 Å². The fourth-order valence-corrected chi connectivity index (χ4v) is 4.74. The minimum Gasteiger partial charge on any atom is -0.491 e. The van der Waals surface area contributed by atoms with Gasteiger partial charge in [-0.15, -0.1) is 0 Å². The summed E-state index contributed by atoms with van der Waals surface area (Å²) in [7, 11) is 0. The van der Waals surface area contributed by atoms with E-state index in [0.717, 1.165) is 38.5 Å². The Bertz CT molecular complexity index is 1080. The molecule has 1 aromatic heterocycles. The lowest BCUT2D eigenvalue weighted by atomic mass is 9.74. The molecule has 0 aliphatic heterocycles. The SMILES string of the molecule is CCCCOc1c(O)nc(CC2(c3cccc4ccccc34)CCCC2)nc1C(=O)O. The van der Waals surface area contributed by atoms with E-state index < -0.39 is 11.8 Å². The average Bonchev–Trinajstić information content (AvgIpc) is 3.24. The second-order valence-electron chi connectivity index (χ2n) is 8.34. The molecule has 2 aromatic carbocycles. The Hall–Kier alpha value is -3.15. The Morgan fingerprint density at radius 2 is 1.84 bits per heavy atom. The number of hydrogen-bond acceptors (Lipinski definition) is 5. The lowest BCUT2D eigenvalue weighted by Crippen LogP contribution is -2.27. The van der Waals surface area contributed by atoms with E-state index in [1.54, 1.807) is 0 Å². The van der Waals surface area contributed by atoms with E-state index >= 15 is 0 Å². The zero-order valence-corrected chi connectivity index (χ0v) is 17.8. The van der Waals surface area contributed by atoms with Crippen LogP contribution in [0.5, 0.6) is 11.6 Å². The molecule has 3 aromatic rings. The average molecular weight is 421 g/mol. The molecule has 0 amide bonds. The van der Waals surface area contributed by atoms with Crippen LogP contribution >= 0.6 is 0 Å². The highest BCUT2D eigenvalue weighted by atomic mass is 16.5. The van der Waals surface area contributed by atoms with Gasteiger partial charge in [0.05, 0.1) is 6.61 Å². The summed E-state index contributed by atoms with van der Waals surface area (Å²) in [5, 5.41) is 22.5. The third kappa shape index (κ3) is 4.20. The number of aromatic nitrogens is 2. The molecule has 1 heterocycles. The number of aromatic hydroxyl groups is 1. The highest BCUT2D eigenvalue weighted by molar-refractivity contribution is 5.89. The van der Waals surface area contributed by atoms with Crippen molar-refractivity contribution in [3.8, 4) is 11.6 Å². The first kappa shape index (κ1) is 21.1. The predicted molar refractivity (Wildman–Crippen MR) is 119 cm³/mol. The summed E-state index contributed by atoms with van der Waals surface area (Å²) in [6.45, 7) is 2.32. The maximum Gasteiger partial charge on any atom is 0.358 e. The lowest BCUT2D eigenvalue weighted by molar-refractivity contribution is 0.0683. The smallest absolute Gasteiger partial charge is 0.358 e. The van der Waals surface area contributed by atoms with Crippen LogP contribution in [0.1, 0.15) is 67.3 Å². The summed E-state index contributed by atoms with van der Waals surface area (Å²) in [6.07, 6.45) is 6.27. The molecule has 0 unspecified atom stereocenters. The third-order valence-corrected chi connectivity index (χ3v) is 6.26. The van der Waals surface area contributed by atoms with Crippen molar-refractivity contribution in [1.82, 2.24) is 9.97 Å². The quantitative estimate of drug-likeness (QED) is 0.483. The van der Waals surface area contributed by atoms with Crippen LogP contribution < -0.4 is 4.74 Å². The van der Waals surface area contributed by atoms with Crippen LogP contribution in [0.3, 0.4) is 0 Å². The van der Waals surface area contributed by atoms with Crippen LogP contribution in [-0.4, -0.2) is 32.8 Å².